The second kappa shape index (κ2) is 4.16. The summed E-state index contributed by atoms with van der Waals surface area (Å²) in [4.78, 5) is 14.6. The number of carboxylic acid groups (broad SMARTS) is 1. The standard InChI is InChI=1S/C15H19NO2/c1-9(2)10-6-5-7-11-12(8-16-13(10)11)15(3,4)14(17)18/h5-9,16H,1-4H3,(H,17,18). The van der Waals surface area contributed by atoms with Crippen LogP contribution in [0.1, 0.15) is 44.7 Å². The van der Waals surface area contributed by atoms with Crippen molar-refractivity contribution in [3.8, 4) is 0 Å². The van der Waals surface area contributed by atoms with Crippen LogP contribution in [0.15, 0.2) is 24.4 Å². The summed E-state index contributed by atoms with van der Waals surface area (Å²) in [5.41, 5.74) is 2.23. The highest BCUT2D eigenvalue weighted by atomic mass is 16.4. The molecule has 0 atom stereocenters. The van der Waals surface area contributed by atoms with Gasteiger partial charge in [0.2, 0.25) is 0 Å². The van der Waals surface area contributed by atoms with Crippen LogP contribution in [0.3, 0.4) is 0 Å². The molecule has 0 saturated carbocycles. The lowest BCUT2D eigenvalue weighted by Gasteiger charge is -2.18. The normalized spacial score (nSPS) is 12.3. The van der Waals surface area contributed by atoms with Crippen molar-refractivity contribution in [1.82, 2.24) is 4.98 Å². The fourth-order valence-electron chi connectivity index (χ4n) is 2.29. The van der Waals surface area contributed by atoms with Gasteiger partial charge in [-0.1, -0.05) is 32.0 Å². The van der Waals surface area contributed by atoms with E-state index in [9.17, 15) is 9.90 Å². The fourth-order valence-corrected chi connectivity index (χ4v) is 2.29. The van der Waals surface area contributed by atoms with Gasteiger partial charge in [0.15, 0.2) is 0 Å². The zero-order chi connectivity index (χ0) is 13.5. The molecule has 0 amide bonds. The fraction of sp³-hybridized carbons (Fsp3) is 0.400. The minimum absolute atomic E-state index is 0.410. The van der Waals surface area contributed by atoms with Gasteiger partial charge >= 0.3 is 5.97 Å². The van der Waals surface area contributed by atoms with Crippen molar-refractivity contribution in [1.29, 1.82) is 0 Å². The molecular weight excluding hydrogens is 226 g/mol. The zero-order valence-electron chi connectivity index (χ0n) is 11.2. The molecule has 0 radical (unpaired) electrons. The Kier molecular flexibility index (Phi) is 2.93. The maximum atomic E-state index is 11.4. The van der Waals surface area contributed by atoms with Crippen LogP contribution in [0.4, 0.5) is 0 Å². The van der Waals surface area contributed by atoms with Crippen molar-refractivity contribution in [3.63, 3.8) is 0 Å². The first-order valence-corrected chi connectivity index (χ1v) is 6.19. The predicted octanol–water partition coefficient (Wildman–Crippen LogP) is 3.65. The van der Waals surface area contributed by atoms with Gasteiger partial charge in [-0.25, -0.2) is 0 Å². The number of carboxylic acids is 1. The van der Waals surface area contributed by atoms with Crippen molar-refractivity contribution in [2.75, 3.05) is 0 Å². The molecular formula is C15H19NO2. The molecule has 0 aliphatic carbocycles. The van der Waals surface area contributed by atoms with Crippen LogP contribution in [-0.4, -0.2) is 16.1 Å². The van der Waals surface area contributed by atoms with E-state index >= 15 is 0 Å². The third-order valence-corrected chi connectivity index (χ3v) is 3.58. The van der Waals surface area contributed by atoms with E-state index in [1.807, 2.05) is 18.3 Å². The molecule has 3 nitrogen and oxygen atoms in total. The number of hydrogen-bond donors (Lipinski definition) is 2. The molecule has 2 rings (SSSR count). The summed E-state index contributed by atoms with van der Waals surface area (Å²) in [6.45, 7) is 7.75. The Hall–Kier alpha value is -1.77. The van der Waals surface area contributed by atoms with Gasteiger partial charge in [-0.15, -0.1) is 0 Å². The number of rotatable bonds is 3. The van der Waals surface area contributed by atoms with E-state index in [1.165, 1.54) is 5.56 Å². The third kappa shape index (κ3) is 1.80. The molecule has 0 saturated heterocycles. The van der Waals surface area contributed by atoms with Crippen molar-refractivity contribution in [3.05, 3.63) is 35.5 Å². The predicted molar refractivity (Wildman–Crippen MR) is 73.0 cm³/mol. The number of benzene rings is 1. The summed E-state index contributed by atoms with van der Waals surface area (Å²) in [7, 11) is 0. The van der Waals surface area contributed by atoms with E-state index in [0.29, 0.717) is 5.92 Å². The Morgan fingerprint density at radius 2 is 2.00 bits per heavy atom. The van der Waals surface area contributed by atoms with Crippen LogP contribution in [-0.2, 0) is 10.2 Å². The van der Waals surface area contributed by atoms with Crippen LogP contribution in [0, 0.1) is 0 Å². The molecule has 0 aliphatic heterocycles. The van der Waals surface area contributed by atoms with E-state index in [2.05, 4.69) is 24.9 Å². The van der Waals surface area contributed by atoms with Crippen molar-refractivity contribution >= 4 is 16.9 Å². The van der Waals surface area contributed by atoms with Gasteiger partial charge in [-0.2, -0.15) is 0 Å². The molecule has 0 aliphatic rings. The zero-order valence-corrected chi connectivity index (χ0v) is 11.2. The summed E-state index contributed by atoms with van der Waals surface area (Å²) < 4.78 is 0. The third-order valence-electron chi connectivity index (χ3n) is 3.58. The first kappa shape index (κ1) is 12.7. The van der Waals surface area contributed by atoms with E-state index < -0.39 is 11.4 Å². The van der Waals surface area contributed by atoms with E-state index in [0.717, 1.165) is 16.5 Å². The minimum Gasteiger partial charge on any atom is -0.481 e. The van der Waals surface area contributed by atoms with Gasteiger partial charge in [-0.05, 0) is 30.9 Å². The number of hydrogen-bond acceptors (Lipinski definition) is 1. The lowest BCUT2D eigenvalue weighted by atomic mass is 9.84. The number of H-pyrrole nitrogens is 1. The summed E-state index contributed by atoms with van der Waals surface area (Å²) in [6, 6.07) is 6.06. The number of aromatic nitrogens is 1. The average Bonchev–Trinajstić information content (AvgIpc) is 2.72. The Morgan fingerprint density at radius 1 is 1.33 bits per heavy atom. The van der Waals surface area contributed by atoms with Crippen molar-refractivity contribution in [2.45, 2.75) is 39.0 Å². The Labute approximate surface area is 107 Å². The Bertz CT molecular complexity index is 594. The number of nitrogens with one attached hydrogen (secondary N) is 1. The molecule has 18 heavy (non-hydrogen) atoms. The average molecular weight is 245 g/mol. The summed E-state index contributed by atoms with van der Waals surface area (Å²) in [5, 5.41) is 10.3. The first-order valence-electron chi connectivity index (χ1n) is 6.19. The van der Waals surface area contributed by atoms with Gasteiger partial charge in [-0.3, -0.25) is 4.79 Å². The highest BCUT2D eigenvalue weighted by Crippen LogP contribution is 2.33. The Balaban J connectivity index is 2.70. The van der Waals surface area contributed by atoms with Crippen LogP contribution in [0.2, 0.25) is 0 Å². The van der Waals surface area contributed by atoms with E-state index in [-0.39, 0.29) is 0 Å². The van der Waals surface area contributed by atoms with Crippen molar-refractivity contribution < 1.29 is 9.90 Å². The van der Waals surface area contributed by atoms with Gasteiger partial charge in [0.05, 0.1) is 5.41 Å². The number of aromatic amines is 1. The lowest BCUT2D eigenvalue weighted by molar-refractivity contribution is -0.142. The maximum Gasteiger partial charge on any atom is 0.313 e. The molecule has 0 spiro atoms. The van der Waals surface area contributed by atoms with Gasteiger partial charge in [0.25, 0.3) is 0 Å². The van der Waals surface area contributed by atoms with Crippen LogP contribution in [0.25, 0.3) is 10.9 Å². The molecule has 1 heterocycles. The van der Waals surface area contributed by atoms with E-state index in [1.54, 1.807) is 13.8 Å². The van der Waals surface area contributed by atoms with Crippen LogP contribution in [0.5, 0.6) is 0 Å². The van der Waals surface area contributed by atoms with Gasteiger partial charge in [0.1, 0.15) is 0 Å². The van der Waals surface area contributed by atoms with Crippen LogP contribution >= 0.6 is 0 Å². The van der Waals surface area contributed by atoms with Gasteiger partial charge in [0, 0.05) is 17.1 Å². The van der Waals surface area contributed by atoms with Crippen LogP contribution < -0.4 is 0 Å². The number of fused-ring (bicyclic) bond motifs is 1. The largest absolute Gasteiger partial charge is 0.481 e. The molecule has 0 bridgehead atoms. The highest BCUT2D eigenvalue weighted by Gasteiger charge is 2.32. The molecule has 1 aromatic heterocycles. The summed E-state index contributed by atoms with van der Waals surface area (Å²) in [5.74, 6) is -0.397. The minimum atomic E-state index is -0.881. The molecule has 1 aromatic carbocycles. The quantitative estimate of drug-likeness (QED) is 0.867. The SMILES string of the molecule is CC(C)c1cccc2c(C(C)(C)C(=O)O)c[nH]c12. The second-order valence-electron chi connectivity index (χ2n) is 5.56. The van der Waals surface area contributed by atoms with Gasteiger partial charge < -0.3 is 10.1 Å². The second-order valence-corrected chi connectivity index (χ2v) is 5.56. The number of para-hydroxylation sites is 1. The van der Waals surface area contributed by atoms with E-state index in [4.69, 9.17) is 0 Å². The first-order chi connectivity index (χ1) is 8.35. The maximum absolute atomic E-state index is 11.4. The lowest BCUT2D eigenvalue weighted by Crippen LogP contribution is -2.28. The summed E-state index contributed by atoms with van der Waals surface area (Å²) in [6.07, 6.45) is 1.82. The number of aliphatic carboxylic acids is 1. The topological polar surface area (TPSA) is 53.1 Å². The monoisotopic (exact) mass is 245 g/mol. The molecule has 0 fully saturated rings. The molecule has 96 valence electrons. The Morgan fingerprint density at radius 3 is 2.56 bits per heavy atom. The molecule has 3 heteroatoms. The molecule has 2 N–H and O–H groups in total. The summed E-state index contributed by atoms with van der Waals surface area (Å²) >= 11 is 0. The number of carbonyl (C=O) groups is 1. The van der Waals surface area contributed by atoms with Crippen molar-refractivity contribution in [2.24, 2.45) is 0 Å². The highest BCUT2D eigenvalue weighted by molar-refractivity contribution is 5.93. The molecule has 2 aromatic rings. The smallest absolute Gasteiger partial charge is 0.313 e. The molecule has 0 unspecified atom stereocenters.